The maximum absolute atomic E-state index is 5.80. The molecule has 2 rings (SSSR count). The Morgan fingerprint density at radius 2 is 2.25 bits per heavy atom. The lowest BCUT2D eigenvalue weighted by molar-refractivity contribution is -0.0347. The Balaban J connectivity index is 2.08. The summed E-state index contributed by atoms with van der Waals surface area (Å²) < 4.78 is 11.2. The van der Waals surface area contributed by atoms with Gasteiger partial charge in [0.2, 0.25) is 0 Å². The van der Waals surface area contributed by atoms with Gasteiger partial charge in [0.1, 0.15) is 5.76 Å². The molecule has 1 heterocycles. The van der Waals surface area contributed by atoms with Gasteiger partial charge in [-0.3, -0.25) is 0 Å². The summed E-state index contributed by atoms with van der Waals surface area (Å²) in [4.78, 5) is 0. The fourth-order valence-electron chi connectivity index (χ4n) is 2.85. The first-order valence-corrected chi connectivity index (χ1v) is 6.05. The highest BCUT2D eigenvalue weighted by molar-refractivity contribution is 5.06. The second kappa shape index (κ2) is 5.02. The SMILES string of the molecule is CNC(Cc1ccco1)C1(OC)CCCC1. The molecule has 0 saturated heterocycles. The Hall–Kier alpha value is -0.800. The largest absolute Gasteiger partial charge is 0.469 e. The van der Waals surface area contributed by atoms with E-state index in [2.05, 4.69) is 5.32 Å². The zero-order valence-corrected chi connectivity index (χ0v) is 10.2. The highest BCUT2D eigenvalue weighted by Crippen LogP contribution is 2.36. The van der Waals surface area contributed by atoms with E-state index in [1.54, 1.807) is 6.26 Å². The lowest BCUT2D eigenvalue weighted by Gasteiger charge is -2.35. The van der Waals surface area contributed by atoms with Crippen molar-refractivity contribution in [3.63, 3.8) is 0 Å². The minimum atomic E-state index is 0.00153. The van der Waals surface area contributed by atoms with Gasteiger partial charge in [-0.05, 0) is 32.0 Å². The Labute approximate surface area is 97.2 Å². The zero-order valence-electron chi connectivity index (χ0n) is 10.2. The number of ether oxygens (including phenoxy) is 1. The normalized spacial score (nSPS) is 21.1. The average molecular weight is 223 g/mol. The zero-order chi connectivity index (χ0) is 11.4. The molecule has 3 nitrogen and oxygen atoms in total. The molecule has 1 unspecified atom stereocenters. The molecule has 0 amide bonds. The predicted octanol–water partition coefficient (Wildman–Crippen LogP) is 2.37. The molecule has 1 saturated carbocycles. The Morgan fingerprint density at radius 1 is 1.50 bits per heavy atom. The van der Waals surface area contributed by atoms with Crippen molar-refractivity contribution in [2.75, 3.05) is 14.2 Å². The van der Waals surface area contributed by atoms with Gasteiger partial charge < -0.3 is 14.5 Å². The Bertz CT molecular complexity index is 302. The van der Waals surface area contributed by atoms with E-state index in [1.165, 1.54) is 12.8 Å². The van der Waals surface area contributed by atoms with E-state index >= 15 is 0 Å². The van der Waals surface area contributed by atoms with Crippen LogP contribution in [0.15, 0.2) is 22.8 Å². The van der Waals surface area contributed by atoms with Crippen LogP contribution >= 0.6 is 0 Å². The third kappa shape index (κ3) is 2.15. The van der Waals surface area contributed by atoms with Crippen LogP contribution in [0.3, 0.4) is 0 Å². The molecule has 1 aliphatic rings. The molecule has 1 aromatic heterocycles. The highest BCUT2D eigenvalue weighted by Gasteiger charge is 2.41. The standard InChI is InChI=1S/C13H21NO2/c1-14-12(10-11-6-5-9-16-11)13(15-2)7-3-4-8-13/h5-6,9,12,14H,3-4,7-8,10H2,1-2H3. The lowest BCUT2D eigenvalue weighted by atomic mass is 9.89. The summed E-state index contributed by atoms with van der Waals surface area (Å²) in [5.41, 5.74) is 0.00153. The molecule has 0 radical (unpaired) electrons. The van der Waals surface area contributed by atoms with E-state index in [0.717, 1.165) is 25.0 Å². The molecule has 1 fully saturated rings. The van der Waals surface area contributed by atoms with Gasteiger partial charge in [-0.25, -0.2) is 0 Å². The van der Waals surface area contributed by atoms with Gasteiger partial charge in [0.05, 0.1) is 11.9 Å². The Morgan fingerprint density at radius 3 is 2.75 bits per heavy atom. The first kappa shape index (κ1) is 11.7. The van der Waals surface area contributed by atoms with Gasteiger partial charge >= 0.3 is 0 Å². The molecule has 3 heteroatoms. The summed E-state index contributed by atoms with van der Waals surface area (Å²) in [5, 5.41) is 3.39. The molecule has 1 aliphatic carbocycles. The molecule has 0 aliphatic heterocycles. The smallest absolute Gasteiger partial charge is 0.105 e. The van der Waals surface area contributed by atoms with E-state index in [-0.39, 0.29) is 5.60 Å². The molecular formula is C13H21NO2. The second-order valence-corrected chi connectivity index (χ2v) is 4.60. The minimum Gasteiger partial charge on any atom is -0.469 e. The third-order valence-corrected chi connectivity index (χ3v) is 3.83. The number of likely N-dealkylation sites (N-methyl/N-ethyl adjacent to an activating group) is 1. The van der Waals surface area contributed by atoms with E-state index in [1.807, 2.05) is 26.3 Å². The summed E-state index contributed by atoms with van der Waals surface area (Å²) in [7, 11) is 3.84. The summed E-state index contributed by atoms with van der Waals surface area (Å²) >= 11 is 0. The summed E-state index contributed by atoms with van der Waals surface area (Å²) in [6.45, 7) is 0. The monoisotopic (exact) mass is 223 g/mol. The van der Waals surface area contributed by atoms with Crippen LogP contribution in [-0.4, -0.2) is 25.8 Å². The minimum absolute atomic E-state index is 0.00153. The average Bonchev–Trinajstić information content (AvgIpc) is 2.97. The van der Waals surface area contributed by atoms with Crippen molar-refractivity contribution in [2.24, 2.45) is 0 Å². The molecule has 0 bridgehead atoms. The highest BCUT2D eigenvalue weighted by atomic mass is 16.5. The lowest BCUT2D eigenvalue weighted by Crippen LogP contribution is -2.50. The van der Waals surface area contributed by atoms with Crippen molar-refractivity contribution in [1.82, 2.24) is 5.32 Å². The van der Waals surface area contributed by atoms with E-state index in [4.69, 9.17) is 9.15 Å². The van der Waals surface area contributed by atoms with Gasteiger partial charge in [-0.1, -0.05) is 12.8 Å². The number of methoxy groups -OCH3 is 1. The number of nitrogens with one attached hydrogen (secondary N) is 1. The van der Waals surface area contributed by atoms with Gasteiger partial charge in [-0.15, -0.1) is 0 Å². The van der Waals surface area contributed by atoms with Crippen molar-refractivity contribution in [2.45, 2.75) is 43.7 Å². The first-order chi connectivity index (χ1) is 7.80. The van der Waals surface area contributed by atoms with E-state index in [9.17, 15) is 0 Å². The predicted molar refractivity (Wildman–Crippen MR) is 63.5 cm³/mol. The van der Waals surface area contributed by atoms with Crippen LogP contribution < -0.4 is 5.32 Å². The maximum atomic E-state index is 5.80. The van der Waals surface area contributed by atoms with Gasteiger partial charge in [0.15, 0.2) is 0 Å². The Kier molecular flexibility index (Phi) is 3.66. The van der Waals surface area contributed by atoms with Crippen molar-refractivity contribution in [3.8, 4) is 0 Å². The fourth-order valence-corrected chi connectivity index (χ4v) is 2.85. The number of hydrogen-bond acceptors (Lipinski definition) is 3. The van der Waals surface area contributed by atoms with Crippen LogP contribution in [0.1, 0.15) is 31.4 Å². The van der Waals surface area contributed by atoms with Crippen molar-refractivity contribution < 1.29 is 9.15 Å². The van der Waals surface area contributed by atoms with Crippen LogP contribution in [0.4, 0.5) is 0 Å². The van der Waals surface area contributed by atoms with E-state index < -0.39 is 0 Å². The molecular weight excluding hydrogens is 202 g/mol. The molecule has 0 spiro atoms. The topological polar surface area (TPSA) is 34.4 Å². The van der Waals surface area contributed by atoms with Gasteiger partial charge in [0.25, 0.3) is 0 Å². The molecule has 1 N–H and O–H groups in total. The number of hydrogen-bond donors (Lipinski definition) is 1. The molecule has 0 aromatic carbocycles. The van der Waals surface area contributed by atoms with Crippen LogP contribution in [0, 0.1) is 0 Å². The molecule has 16 heavy (non-hydrogen) atoms. The second-order valence-electron chi connectivity index (χ2n) is 4.60. The van der Waals surface area contributed by atoms with Crippen molar-refractivity contribution >= 4 is 0 Å². The van der Waals surface area contributed by atoms with Crippen LogP contribution in [0.5, 0.6) is 0 Å². The van der Waals surface area contributed by atoms with Gasteiger partial charge in [0, 0.05) is 19.6 Å². The van der Waals surface area contributed by atoms with Crippen LogP contribution in [-0.2, 0) is 11.2 Å². The fraction of sp³-hybridized carbons (Fsp3) is 0.692. The quantitative estimate of drug-likeness (QED) is 0.832. The summed E-state index contributed by atoms with van der Waals surface area (Å²) in [6.07, 6.45) is 7.47. The molecule has 90 valence electrons. The van der Waals surface area contributed by atoms with E-state index in [0.29, 0.717) is 6.04 Å². The van der Waals surface area contributed by atoms with Crippen molar-refractivity contribution in [1.29, 1.82) is 0 Å². The summed E-state index contributed by atoms with van der Waals surface area (Å²) in [6, 6.07) is 4.31. The molecule has 1 atom stereocenters. The van der Waals surface area contributed by atoms with Crippen LogP contribution in [0.25, 0.3) is 0 Å². The van der Waals surface area contributed by atoms with Crippen LogP contribution in [0.2, 0.25) is 0 Å². The number of furan rings is 1. The summed E-state index contributed by atoms with van der Waals surface area (Å²) in [5.74, 6) is 1.03. The van der Waals surface area contributed by atoms with Gasteiger partial charge in [-0.2, -0.15) is 0 Å². The number of rotatable bonds is 5. The molecule has 1 aromatic rings. The third-order valence-electron chi connectivity index (χ3n) is 3.83. The maximum Gasteiger partial charge on any atom is 0.105 e. The van der Waals surface area contributed by atoms with Crippen molar-refractivity contribution in [3.05, 3.63) is 24.2 Å². The first-order valence-electron chi connectivity index (χ1n) is 6.05.